The van der Waals surface area contributed by atoms with Crippen LogP contribution in [-0.2, 0) is 0 Å². The maximum Gasteiger partial charge on any atom is 0.251 e. The molecule has 2 rings (SSSR count). The molecule has 3 nitrogen and oxygen atoms in total. The number of hydrogen-bond acceptors (Lipinski definition) is 2. The Bertz CT molecular complexity index is 552. The van der Waals surface area contributed by atoms with Crippen molar-refractivity contribution in [3.8, 4) is 11.8 Å². The molecule has 0 aliphatic heterocycles. The number of carbonyl (C=O) groups excluding carboxylic acids is 1. The second-order valence-corrected chi connectivity index (χ2v) is 5.32. The van der Waals surface area contributed by atoms with E-state index in [0.29, 0.717) is 5.56 Å². The van der Waals surface area contributed by atoms with E-state index in [4.69, 9.17) is 5.11 Å². The molecule has 0 bridgehead atoms. The van der Waals surface area contributed by atoms with Gasteiger partial charge in [0, 0.05) is 11.6 Å². The van der Waals surface area contributed by atoms with Gasteiger partial charge < -0.3 is 10.4 Å². The summed E-state index contributed by atoms with van der Waals surface area (Å²) in [6.45, 7) is -0.316. The largest absolute Gasteiger partial charge is 0.384 e. The molecule has 112 valence electrons. The molecule has 1 aliphatic rings. The van der Waals surface area contributed by atoms with Crippen LogP contribution in [0.2, 0.25) is 0 Å². The molecule has 0 radical (unpaired) electrons. The Morgan fingerprint density at radius 2 is 2.00 bits per heavy atom. The van der Waals surface area contributed by atoms with Crippen LogP contribution in [0.25, 0.3) is 0 Å². The highest BCUT2D eigenvalue weighted by Crippen LogP contribution is 2.18. The SMILES string of the molecule is O=C(NC1CCCCCC1)c1ccc(C#CCO)c(F)c1. The molecule has 21 heavy (non-hydrogen) atoms. The fourth-order valence-electron chi connectivity index (χ4n) is 2.58. The normalized spacial score (nSPS) is 15.7. The molecule has 4 heteroatoms. The van der Waals surface area contributed by atoms with E-state index in [9.17, 15) is 9.18 Å². The maximum absolute atomic E-state index is 13.8. The number of carbonyl (C=O) groups is 1. The van der Waals surface area contributed by atoms with Gasteiger partial charge in [-0.2, -0.15) is 0 Å². The first-order chi connectivity index (χ1) is 10.2. The highest BCUT2D eigenvalue weighted by Gasteiger charge is 2.16. The fraction of sp³-hybridized carbons (Fsp3) is 0.471. The zero-order valence-corrected chi connectivity index (χ0v) is 12.0. The summed E-state index contributed by atoms with van der Waals surface area (Å²) in [5, 5.41) is 11.6. The number of nitrogens with one attached hydrogen (secondary N) is 1. The summed E-state index contributed by atoms with van der Waals surface area (Å²) in [4.78, 5) is 12.1. The van der Waals surface area contributed by atoms with E-state index in [-0.39, 0.29) is 24.1 Å². The summed E-state index contributed by atoms with van der Waals surface area (Å²) in [5.74, 6) is 4.13. The predicted octanol–water partition coefficient (Wildman–Crippen LogP) is 2.62. The molecule has 0 saturated heterocycles. The number of halogens is 1. The van der Waals surface area contributed by atoms with Crippen LogP contribution in [0.4, 0.5) is 4.39 Å². The van der Waals surface area contributed by atoms with E-state index >= 15 is 0 Å². The Kier molecular flexibility index (Phi) is 5.77. The van der Waals surface area contributed by atoms with Gasteiger partial charge in [-0.1, -0.05) is 37.5 Å². The summed E-state index contributed by atoms with van der Waals surface area (Å²) in [7, 11) is 0. The summed E-state index contributed by atoms with van der Waals surface area (Å²) >= 11 is 0. The second kappa shape index (κ2) is 7.80. The van der Waals surface area contributed by atoms with Gasteiger partial charge in [-0.3, -0.25) is 4.79 Å². The Balaban J connectivity index is 2.03. The van der Waals surface area contributed by atoms with Gasteiger partial charge in [0.05, 0.1) is 5.56 Å². The van der Waals surface area contributed by atoms with E-state index in [2.05, 4.69) is 17.2 Å². The smallest absolute Gasteiger partial charge is 0.251 e. The summed E-state index contributed by atoms with van der Waals surface area (Å²) in [6, 6.07) is 4.43. The Morgan fingerprint density at radius 1 is 1.29 bits per heavy atom. The standard InChI is InChI=1S/C17H20FNO2/c18-16-12-14(10-9-13(16)6-5-11-20)17(21)19-15-7-3-1-2-4-8-15/h9-10,12,15,20H,1-4,7-8,11H2,(H,19,21). The van der Waals surface area contributed by atoms with Crippen molar-refractivity contribution in [2.45, 2.75) is 44.6 Å². The third kappa shape index (κ3) is 4.57. The third-order valence-electron chi connectivity index (χ3n) is 3.72. The van der Waals surface area contributed by atoms with E-state index < -0.39 is 5.82 Å². The lowest BCUT2D eigenvalue weighted by atomic mass is 10.1. The molecule has 0 aromatic heterocycles. The summed E-state index contributed by atoms with van der Waals surface area (Å²) < 4.78 is 13.8. The van der Waals surface area contributed by atoms with Gasteiger partial charge >= 0.3 is 0 Å². The molecule has 0 atom stereocenters. The summed E-state index contributed by atoms with van der Waals surface area (Å²) in [6.07, 6.45) is 6.70. The Morgan fingerprint density at radius 3 is 2.62 bits per heavy atom. The van der Waals surface area contributed by atoms with Crippen LogP contribution in [0, 0.1) is 17.7 Å². The van der Waals surface area contributed by atoms with E-state index in [1.165, 1.54) is 25.0 Å². The molecular weight excluding hydrogens is 269 g/mol. The first-order valence-electron chi connectivity index (χ1n) is 7.41. The monoisotopic (exact) mass is 289 g/mol. The molecule has 0 spiro atoms. The topological polar surface area (TPSA) is 49.3 Å². The van der Waals surface area contributed by atoms with Crippen molar-refractivity contribution >= 4 is 5.91 Å². The molecule has 1 amide bonds. The molecule has 1 aliphatic carbocycles. The molecule has 1 saturated carbocycles. The van der Waals surface area contributed by atoms with E-state index in [0.717, 1.165) is 25.7 Å². The van der Waals surface area contributed by atoms with Crippen molar-refractivity contribution in [1.82, 2.24) is 5.32 Å². The molecule has 1 aromatic rings. The minimum atomic E-state index is -0.538. The van der Waals surface area contributed by atoms with Gasteiger partial charge in [-0.25, -0.2) is 4.39 Å². The number of aliphatic hydroxyl groups excluding tert-OH is 1. The number of benzene rings is 1. The predicted molar refractivity (Wildman–Crippen MR) is 79.3 cm³/mol. The number of aliphatic hydroxyl groups is 1. The Hall–Kier alpha value is -1.86. The molecule has 0 heterocycles. The number of amides is 1. The molecule has 1 aromatic carbocycles. The lowest BCUT2D eigenvalue weighted by Crippen LogP contribution is -2.34. The zero-order valence-electron chi connectivity index (χ0n) is 12.0. The van der Waals surface area contributed by atoms with Gasteiger partial charge in [0.2, 0.25) is 0 Å². The fourth-order valence-corrected chi connectivity index (χ4v) is 2.58. The van der Waals surface area contributed by atoms with Gasteiger partial charge in [0.1, 0.15) is 12.4 Å². The van der Waals surface area contributed by atoms with E-state index in [1.807, 2.05) is 0 Å². The van der Waals surface area contributed by atoms with Gasteiger partial charge in [-0.15, -0.1) is 0 Å². The van der Waals surface area contributed by atoms with Crippen molar-refractivity contribution in [3.05, 3.63) is 35.1 Å². The van der Waals surface area contributed by atoms with Crippen LogP contribution in [0.1, 0.15) is 54.4 Å². The maximum atomic E-state index is 13.8. The minimum Gasteiger partial charge on any atom is -0.384 e. The van der Waals surface area contributed by atoms with Crippen LogP contribution in [-0.4, -0.2) is 23.7 Å². The quantitative estimate of drug-likeness (QED) is 0.649. The average Bonchev–Trinajstić information content (AvgIpc) is 2.74. The lowest BCUT2D eigenvalue weighted by Gasteiger charge is -2.16. The van der Waals surface area contributed by atoms with Crippen LogP contribution >= 0.6 is 0 Å². The highest BCUT2D eigenvalue weighted by atomic mass is 19.1. The van der Waals surface area contributed by atoms with Gasteiger partial charge in [-0.05, 0) is 31.0 Å². The summed E-state index contributed by atoms with van der Waals surface area (Å²) in [5.41, 5.74) is 0.501. The average molecular weight is 289 g/mol. The van der Waals surface area contributed by atoms with Crippen molar-refractivity contribution in [3.63, 3.8) is 0 Å². The first kappa shape index (κ1) is 15.5. The second-order valence-electron chi connectivity index (χ2n) is 5.32. The zero-order chi connectivity index (χ0) is 15.1. The van der Waals surface area contributed by atoms with Crippen LogP contribution in [0.5, 0.6) is 0 Å². The first-order valence-corrected chi connectivity index (χ1v) is 7.41. The number of hydrogen-bond donors (Lipinski definition) is 2. The molecule has 0 unspecified atom stereocenters. The molecular formula is C17H20FNO2. The molecule has 1 fully saturated rings. The minimum absolute atomic E-state index is 0.190. The van der Waals surface area contributed by atoms with Crippen molar-refractivity contribution in [2.24, 2.45) is 0 Å². The van der Waals surface area contributed by atoms with Crippen LogP contribution < -0.4 is 5.32 Å². The van der Waals surface area contributed by atoms with Crippen molar-refractivity contribution in [1.29, 1.82) is 0 Å². The van der Waals surface area contributed by atoms with E-state index in [1.54, 1.807) is 6.07 Å². The third-order valence-corrected chi connectivity index (χ3v) is 3.72. The van der Waals surface area contributed by atoms with Gasteiger partial charge in [0.15, 0.2) is 0 Å². The molecule has 2 N–H and O–H groups in total. The van der Waals surface area contributed by atoms with Crippen LogP contribution in [0.3, 0.4) is 0 Å². The highest BCUT2D eigenvalue weighted by molar-refractivity contribution is 5.94. The van der Waals surface area contributed by atoms with Gasteiger partial charge in [0.25, 0.3) is 5.91 Å². The van der Waals surface area contributed by atoms with Crippen molar-refractivity contribution in [2.75, 3.05) is 6.61 Å². The Labute approximate surface area is 124 Å². The lowest BCUT2D eigenvalue weighted by molar-refractivity contribution is 0.0933. The number of rotatable bonds is 2. The van der Waals surface area contributed by atoms with Crippen LogP contribution in [0.15, 0.2) is 18.2 Å². The van der Waals surface area contributed by atoms with Crippen molar-refractivity contribution < 1.29 is 14.3 Å².